The van der Waals surface area contributed by atoms with Crippen LogP contribution in [0.4, 0.5) is 0 Å². The van der Waals surface area contributed by atoms with Crippen LogP contribution in [0.3, 0.4) is 0 Å². The molecule has 1 amide bonds. The Balaban J connectivity index is 1.85. The molecule has 1 aromatic rings. The van der Waals surface area contributed by atoms with Crippen molar-refractivity contribution in [2.75, 3.05) is 13.2 Å². The first kappa shape index (κ1) is 17.1. The van der Waals surface area contributed by atoms with Crippen molar-refractivity contribution >= 4 is 11.9 Å². The van der Waals surface area contributed by atoms with Gasteiger partial charge in [-0.25, -0.2) is 0 Å². The summed E-state index contributed by atoms with van der Waals surface area (Å²) >= 11 is 0. The lowest BCUT2D eigenvalue weighted by Gasteiger charge is -2.28. The van der Waals surface area contributed by atoms with E-state index in [1.165, 1.54) is 0 Å². The van der Waals surface area contributed by atoms with Crippen LogP contribution < -0.4 is 14.8 Å². The van der Waals surface area contributed by atoms with Crippen molar-refractivity contribution < 1.29 is 24.2 Å². The van der Waals surface area contributed by atoms with Crippen molar-refractivity contribution in [2.45, 2.75) is 44.6 Å². The number of rotatable bonds is 8. The van der Waals surface area contributed by atoms with Crippen molar-refractivity contribution in [2.24, 2.45) is 0 Å². The third-order valence-corrected chi connectivity index (χ3v) is 3.96. The van der Waals surface area contributed by atoms with E-state index in [0.717, 1.165) is 18.6 Å². The van der Waals surface area contributed by atoms with Gasteiger partial charge in [0.15, 0.2) is 6.61 Å². The maximum absolute atomic E-state index is 12.1. The molecular formula is C17H23NO5. The second kappa shape index (κ2) is 7.85. The number of benzene rings is 1. The molecule has 1 fully saturated rings. The number of amides is 1. The number of aliphatic carboxylic acids is 1. The van der Waals surface area contributed by atoms with E-state index in [2.05, 4.69) is 5.32 Å². The average Bonchev–Trinajstić information content (AvgIpc) is 2.94. The second-order valence-corrected chi connectivity index (χ2v) is 5.80. The molecule has 0 saturated heterocycles. The minimum Gasteiger partial charge on any atom is -0.494 e. The summed E-state index contributed by atoms with van der Waals surface area (Å²) in [6, 6.07) is 7.03. The highest BCUT2D eigenvalue weighted by Gasteiger charge is 2.37. The third-order valence-electron chi connectivity index (χ3n) is 3.96. The molecule has 0 aromatic heterocycles. The lowest BCUT2D eigenvalue weighted by Crippen LogP contribution is -2.49. The Kier molecular flexibility index (Phi) is 5.84. The zero-order chi connectivity index (χ0) is 16.7. The molecule has 0 spiro atoms. The van der Waals surface area contributed by atoms with Gasteiger partial charge in [0.2, 0.25) is 0 Å². The molecule has 0 heterocycles. The topological polar surface area (TPSA) is 84.9 Å². The summed E-state index contributed by atoms with van der Waals surface area (Å²) in [6.07, 6.45) is 3.24. The van der Waals surface area contributed by atoms with Gasteiger partial charge in [-0.15, -0.1) is 0 Å². The Bertz CT molecular complexity index is 534. The van der Waals surface area contributed by atoms with E-state index >= 15 is 0 Å². The zero-order valence-corrected chi connectivity index (χ0v) is 13.3. The Hall–Kier alpha value is -2.24. The predicted molar refractivity (Wildman–Crippen MR) is 84.7 cm³/mol. The van der Waals surface area contributed by atoms with Gasteiger partial charge < -0.3 is 19.9 Å². The van der Waals surface area contributed by atoms with E-state index in [1.54, 1.807) is 24.3 Å². The first-order valence-electron chi connectivity index (χ1n) is 7.91. The monoisotopic (exact) mass is 321 g/mol. The Morgan fingerprint density at radius 2 is 1.70 bits per heavy atom. The third kappa shape index (κ3) is 5.16. The van der Waals surface area contributed by atoms with Gasteiger partial charge in [0.1, 0.15) is 11.5 Å². The summed E-state index contributed by atoms with van der Waals surface area (Å²) in [5.41, 5.74) is -0.620. The number of carbonyl (C=O) groups is 2. The van der Waals surface area contributed by atoms with Crippen LogP contribution in [0.25, 0.3) is 0 Å². The molecular weight excluding hydrogens is 298 g/mol. The highest BCUT2D eigenvalue weighted by atomic mass is 16.5. The standard InChI is InChI=1S/C17H23NO5/c1-2-22-13-5-7-14(8-6-13)23-12-15(19)18-17(11-16(20)21)9-3-4-10-17/h5-8H,2-4,9-12H2,1H3,(H,18,19)(H,20,21). The number of nitrogens with one attached hydrogen (secondary N) is 1. The molecule has 1 saturated carbocycles. The normalized spacial score (nSPS) is 15.9. The van der Waals surface area contributed by atoms with Crippen LogP contribution in [0, 0.1) is 0 Å². The number of carboxylic acids is 1. The van der Waals surface area contributed by atoms with E-state index in [0.29, 0.717) is 25.2 Å². The van der Waals surface area contributed by atoms with Crippen LogP contribution in [-0.2, 0) is 9.59 Å². The summed E-state index contributed by atoms with van der Waals surface area (Å²) in [7, 11) is 0. The highest BCUT2D eigenvalue weighted by Crippen LogP contribution is 2.32. The molecule has 2 rings (SSSR count). The molecule has 1 aliphatic rings. The van der Waals surface area contributed by atoms with Crippen molar-refractivity contribution in [1.29, 1.82) is 0 Å². The summed E-state index contributed by atoms with van der Waals surface area (Å²) in [5.74, 6) is 0.139. The van der Waals surface area contributed by atoms with E-state index in [4.69, 9.17) is 14.6 Å². The average molecular weight is 321 g/mol. The van der Waals surface area contributed by atoms with Crippen LogP contribution in [0.1, 0.15) is 39.0 Å². The van der Waals surface area contributed by atoms with E-state index in [-0.39, 0.29) is 18.9 Å². The van der Waals surface area contributed by atoms with Gasteiger partial charge in [0.05, 0.1) is 18.6 Å². The minimum absolute atomic E-state index is 0.0399. The quantitative estimate of drug-likeness (QED) is 0.768. The highest BCUT2D eigenvalue weighted by molar-refractivity contribution is 5.79. The Morgan fingerprint density at radius 1 is 1.13 bits per heavy atom. The summed E-state index contributed by atoms with van der Waals surface area (Å²) in [6.45, 7) is 2.37. The van der Waals surface area contributed by atoms with Crippen molar-refractivity contribution in [3.8, 4) is 11.5 Å². The fraction of sp³-hybridized carbons (Fsp3) is 0.529. The smallest absolute Gasteiger partial charge is 0.305 e. The molecule has 23 heavy (non-hydrogen) atoms. The van der Waals surface area contributed by atoms with Crippen LogP contribution >= 0.6 is 0 Å². The lowest BCUT2D eigenvalue weighted by molar-refractivity contribution is -0.139. The number of carbonyl (C=O) groups excluding carboxylic acids is 1. The van der Waals surface area contributed by atoms with Crippen molar-refractivity contribution in [3.63, 3.8) is 0 Å². The van der Waals surface area contributed by atoms with Gasteiger partial charge in [-0.1, -0.05) is 12.8 Å². The predicted octanol–water partition coefficient (Wildman–Crippen LogP) is 2.37. The van der Waals surface area contributed by atoms with E-state index in [1.807, 2.05) is 6.92 Å². The van der Waals surface area contributed by atoms with Crippen LogP contribution in [0.15, 0.2) is 24.3 Å². The van der Waals surface area contributed by atoms with Gasteiger partial charge >= 0.3 is 5.97 Å². The van der Waals surface area contributed by atoms with Crippen LogP contribution in [-0.4, -0.2) is 35.7 Å². The summed E-state index contributed by atoms with van der Waals surface area (Å²) < 4.78 is 10.8. The van der Waals surface area contributed by atoms with Crippen LogP contribution in [0.5, 0.6) is 11.5 Å². The number of hydrogen-bond acceptors (Lipinski definition) is 4. The SMILES string of the molecule is CCOc1ccc(OCC(=O)NC2(CC(=O)O)CCCC2)cc1. The van der Waals surface area contributed by atoms with Gasteiger partial charge in [-0.2, -0.15) is 0 Å². The fourth-order valence-corrected chi connectivity index (χ4v) is 2.97. The molecule has 0 bridgehead atoms. The van der Waals surface area contributed by atoms with Crippen molar-refractivity contribution in [3.05, 3.63) is 24.3 Å². The molecule has 1 aliphatic carbocycles. The molecule has 1 aromatic carbocycles. The van der Waals surface area contributed by atoms with Gasteiger partial charge in [-0.05, 0) is 44.0 Å². The summed E-state index contributed by atoms with van der Waals surface area (Å²) in [5, 5.41) is 11.9. The van der Waals surface area contributed by atoms with Gasteiger partial charge in [0, 0.05) is 0 Å². The first-order valence-corrected chi connectivity index (χ1v) is 7.91. The maximum atomic E-state index is 12.1. The van der Waals surface area contributed by atoms with Crippen LogP contribution in [0.2, 0.25) is 0 Å². The molecule has 0 unspecified atom stereocenters. The molecule has 6 heteroatoms. The van der Waals surface area contributed by atoms with E-state index in [9.17, 15) is 9.59 Å². The second-order valence-electron chi connectivity index (χ2n) is 5.80. The molecule has 0 radical (unpaired) electrons. The zero-order valence-electron chi connectivity index (χ0n) is 13.3. The number of ether oxygens (including phenoxy) is 2. The molecule has 126 valence electrons. The first-order chi connectivity index (χ1) is 11.0. The van der Waals surface area contributed by atoms with Crippen molar-refractivity contribution in [1.82, 2.24) is 5.32 Å². The molecule has 2 N–H and O–H groups in total. The minimum atomic E-state index is -0.889. The molecule has 0 aliphatic heterocycles. The largest absolute Gasteiger partial charge is 0.494 e. The number of carboxylic acid groups (broad SMARTS) is 1. The lowest BCUT2D eigenvalue weighted by atomic mass is 9.93. The molecule has 0 atom stereocenters. The Labute approximate surface area is 135 Å². The van der Waals surface area contributed by atoms with E-state index < -0.39 is 11.5 Å². The summed E-state index contributed by atoms with van der Waals surface area (Å²) in [4.78, 5) is 23.1. The number of hydrogen-bond donors (Lipinski definition) is 2. The van der Waals surface area contributed by atoms with Gasteiger partial charge in [-0.3, -0.25) is 9.59 Å². The van der Waals surface area contributed by atoms with Gasteiger partial charge in [0.25, 0.3) is 5.91 Å². The Morgan fingerprint density at radius 3 is 2.22 bits per heavy atom. The fourth-order valence-electron chi connectivity index (χ4n) is 2.97. The maximum Gasteiger partial charge on any atom is 0.305 e. The molecule has 6 nitrogen and oxygen atoms in total.